The highest BCUT2D eigenvalue weighted by Gasteiger charge is 2.21. The third-order valence-corrected chi connectivity index (χ3v) is 4.86. The topological polar surface area (TPSA) is 42.1 Å². The normalized spacial score (nSPS) is 20.1. The van der Waals surface area contributed by atoms with Crippen molar-refractivity contribution in [2.75, 3.05) is 18.8 Å². The number of rotatable bonds is 3. The van der Waals surface area contributed by atoms with Crippen molar-refractivity contribution in [3.8, 4) is 0 Å². The van der Waals surface area contributed by atoms with Crippen molar-refractivity contribution >= 4 is 28.1 Å². The van der Waals surface area contributed by atoms with Gasteiger partial charge in [-0.05, 0) is 43.0 Å². The standard InChI is InChI=1S/C15H18ClN3S/c16-13-5-3-11(4-6-13)12-2-1-7-19(9-12)10-14-8-18-15(17)20-14/h3-6,8,12H,1-2,7,9-10H2,(H2,17,18)/t12-/m1/s1. The predicted molar refractivity (Wildman–Crippen MR) is 85.2 cm³/mol. The molecule has 1 aromatic heterocycles. The molecule has 20 heavy (non-hydrogen) atoms. The van der Waals surface area contributed by atoms with E-state index in [1.54, 1.807) is 11.3 Å². The van der Waals surface area contributed by atoms with Crippen molar-refractivity contribution in [1.29, 1.82) is 0 Å². The van der Waals surface area contributed by atoms with E-state index in [2.05, 4.69) is 22.0 Å². The lowest BCUT2D eigenvalue weighted by Gasteiger charge is -2.32. The summed E-state index contributed by atoms with van der Waals surface area (Å²) in [6.45, 7) is 3.21. The number of benzene rings is 1. The van der Waals surface area contributed by atoms with Crippen LogP contribution in [-0.4, -0.2) is 23.0 Å². The van der Waals surface area contributed by atoms with Crippen molar-refractivity contribution in [1.82, 2.24) is 9.88 Å². The number of anilines is 1. The number of nitrogen functional groups attached to an aromatic ring is 1. The fraction of sp³-hybridized carbons (Fsp3) is 0.400. The number of aromatic nitrogens is 1. The second-order valence-corrected chi connectivity index (χ2v) is 6.87. The molecule has 3 nitrogen and oxygen atoms in total. The largest absolute Gasteiger partial charge is 0.375 e. The van der Waals surface area contributed by atoms with Crippen LogP contribution in [0.5, 0.6) is 0 Å². The second kappa shape index (κ2) is 6.12. The zero-order valence-corrected chi connectivity index (χ0v) is 12.8. The molecule has 1 aromatic carbocycles. The van der Waals surface area contributed by atoms with Crippen LogP contribution in [0.2, 0.25) is 5.02 Å². The van der Waals surface area contributed by atoms with E-state index in [9.17, 15) is 0 Å². The third-order valence-electron chi connectivity index (χ3n) is 3.80. The van der Waals surface area contributed by atoms with Crippen molar-refractivity contribution in [2.45, 2.75) is 25.3 Å². The van der Waals surface area contributed by atoms with Gasteiger partial charge in [-0.15, -0.1) is 11.3 Å². The molecule has 0 unspecified atom stereocenters. The number of piperidine rings is 1. The zero-order chi connectivity index (χ0) is 13.9. The van der Waals surface area contributed by atoms with Crippen LogP contribution in [0.3, 0.4) is 0 Å². The van der Waals surface area contributed by atoms with E-state index in [-0.39, 0.29) is 0 Å². The average molecular weight is 308 g/mol. The van der Waals surface area contributed by atoms with Crippen LogP contribution in [0.4, 0.5) is 5.13 Å². The zero-order valence-electron chi connectivity index (χ0n) is 11.3. The maximum Gasteiger partial charge on any atom is 0.180 e. The highest BCUT2D eigenvalue weighted by Crippen LogP contribution is 2.29. The Kier molecular flexibility index (Phi) is 4.24. The van der Waals surface area contributed by atoms with E-state index < -0.39 is 0 Å². The highest BCUT2D eigenvalue weighted by molar-refractivity contribution is 7.15. The summed E-state index contributed by atoms with van der Waals surface area (Å²) in [5.74, 6) is 0.603. The Hall–Kier alpha value is -1.10. The van der Waals surface area contributed by atoms with Gasteiger partial charge in [0.1, 0.15) is 0 Å². The number of halogens is 1. The van der Waals surface area contributed by atoms with Gasteiger partial charge in [-0.2, -0.15) is 0 Å². The molecule has 1 saturated heterocycles. The lowest BCUT2D eigenvalue weighted by atomic mass is 9.91. The minimum Gasteiger partial charge on any atom is -0.375 e. The van der Waals surface area contributed by atoms with Crippen molar-refractivity contribution in [2.24, 2.45) is 0 Å². The van der Waals surface area contributed by atoms with E-state index >= 15 is 0 Å². The Morgan fingerprint density at radius 1 is 1.35 bits per heavy atom. The van der Waals surface area contributed by atoms with Gasteiger partial charge >= 0.3 is 0 Å². The van der Waals surface area contributed by atoms with Crippen LogP contribution in [0, 0.1) is 0 Å². The van der Waals surface area contributed by atoms with Gasteiger partial charge in [-0.1, -0.05) is 23.7 Å². The Bertz CT molecular complexity index is 567. The van der Waals surface area contributed by atoms with E-state index in [0.29, 0.717) is 11.0 Å². The molecule has 3 rings (SSSR count). The number of thiazole rings is 1. The van der Waals surface area contributed by atoms with Crippen LogP contribution in [0.25, 0.3) is 0 Å². The van der Waals surface area contributed by atoms with E-state index in [4.69, 9.17) is 17.3 Å². The summed E-state index contributed by atoms with van der Waals surface area (Å²) < 4.78 is 0. The first-order valence-corrected chi connectivity index (χ1v) is 8.08. The Morgan fingerprint density at radius 2 is 2.15 bits per heavy atom. The van der Waals surface area contributed by atoms with Gasteiger partial charge in [-0.25, -0.2) is 4.98 Å². The summed E-state index contributed by atoms with van der Waals surface area (Å²) in [5.41, 5.74) is 7.08. The Labute approximate surface area is 128 Å². The molecule has 2 N–H and O–H groups in total. The summed E-state index contributed by atoms with van der Waals surface area (Å²) in [7, 11) is 0. The molecule has 1 atom stereocenters. The maximum absolute atomic E-state index is 5.96. The molecule has 0 aliphatic carbocycles. The minimum atomic E-state index is 0.603. The van der Waals surface area contributed by atoms with Gasteiger partial charge in [0.05, 0.1) is 0 Å². The molecule has 0 bridgehead atoms. The molecule has 2 heterocycles. The first-order chi connectivity index (χ1) is 9.70. The highest BCUT2D eigenvalue weighted by atomic mass is 35.5. The SMILES string of the molecule is Nc1ncc(CN2CCC[C@@H](c3ccc(Cl)cc3)C2)s1. The molecule has 1 fully saturated rings. The van der Waals surface area contributed by atoms with Crippen LogP contribution in [0.15, 0.2) is 30.5 Å². The average Bonchev–Trinajstić information content (AvgIpc) is 2.85. The second-order valence-electron chi connectivity index (χ2n) is 5.29. The molecular formula is C15H18ClN3S. The Morgan fingerprint density at radius 3 is 2.85 bits per heavy atom. The number of hydrogen-bond donors (Lipinski definition) is 1. The van der Waals surface area contributed by atoms with Gasteiger partial charge in [0.25, 0.3) is 0 Å². The van der Waals surface area contributed by atoms with Crippen molar-refractivity contribution in [3.63, 3.8) is 0 Å². The molecule has 0 radical (unpaired) electrons. The molecule has 5 heteroatoms. The first kappa shape index (κ1) is 13.9. The first-order valence-electron chi connectivity index (χ1n) is 6.89. The Balaban J connectivity index is 1.65. The van der Waals surface area contributed by atoms with Gasteiger partial charge in [0.15, 0.2) is 5.13 Å². The number of nitrogens with two attached hydrogens (primary N) is 1. The van der Waals surface area contributed by atoms with E-state index in [0.717, 1.165) is 24.7 Å². The molecule has 1 aliphatic heterocycles. The monoisotopic (exact) mass is 307 g/mol. The third kappa shape index (κ3) is 3.32. The summed E-state index contributed by atoms with van der Waals surface area (Å²) in [6.07, 6.45) is 4.39. The fourth-order valence-electron chi connectivity index (χ4n) is 2.82. The number of nitrogens with zero attached hydrogens (tertiary/aromatic N) is 2. The number of likely N-dealkylation sites (tertiary alicyclic amines) is 1. The summed E-state index contributed by atoms with van der Waals surface area (Å²) in [5, 5.41) is 1.47. The van der Waals surface area contributed by atoms with Crippen LogP contribution in [-0.2, 0) is 6.54 Å². The summed E-state index contributed by atoms with van der Waals surface area (Å²) >= 11 is 7.55. The van der Waals surface area contributed by atoms with Crippen molar-refractivity contribution < 1.29 is 0 Å². The van der Waals surface area contributed by atoms with Gasteiger partial charge in [0.2, 0.25) is 0 Å². The lowest BCUT2D eigenvalue weighted by molar-refractivity contribution is 0.201. The molecule has 2 aromatic rings. The van der Waals surface area contributed by atoms with Crippen LogP contribution >= 0.6 is 22.9 Å². The van der Waals surface area contributed by atoms with Crippen LogP contribution < -0.4 is 5.73 Å². The maximum atomic E-state index is 5.96. The summed E-state index contributed by atoms with van der Waals surface area (Å²) in [6, 6.07) is 8.28. The van der Waals surface area contributed by atoms with E-state index in [1.807, 2.05) is 18.3 Å². The molecule has 0 amide bonds. The van der Waals surface area contributed by atoms with Gasteiger partial charge in [-0.3, -0.25) is 4.90 Å². The predicted octanol–water partition coefficient (Wildman–Crippen LogP) is 3.76. The van der Waals surface area contributed by atoms with E-state index in [1.165, 1.54) is 23.3 Å². The smallest absolute Gasteiger partial charge is 0.180 e. The number of hydrogen-bond acceptors (Lipinski definition) is 4. The minimum absolute atomic E-state index is 0.603. The fourth-order valence-corrected chi connectivity index (χ4v) is 3.67. The van der Waals surface area contributed by atoms with Gasteiger partial charge < -0.3 is 5.73 Å². The van der Waals surface area contributed by atoms with Gasteiger partial charge in [0, 0.05) is 29.2 Å². The van der Waals surface area contributed by atoms with Crippen molar-refractivity contribution in [3.05, 3.63) is 45.9 Å². The molecule has 0 spiro atoms. The molecular weight excluding hydrogens is 290 g/mol. The molecule has 106 valence electrons. The molecule has 0 saturated carbocycles. The van der Waals surface area contributed by atoms with Crippen LogP contribution in [0.1, 0.15) is 29.2 Å². The lowest BCUT2D eigenvalue weighted by Crippen LogP contribution is -2.33. The molecule has 1 aliphatic rings. The quantitative estimate of drug-likeness (QED) is 0.939. The summed E-state index contributed by atoms with van der Waals surface area (Å²) in [4.78, 5) is 7.87.